The summed E-state index contributed by atoms with van der Waals surface area (Å²) in [7, 11) is -4.62. The van der Waals surface area contributed by atoms with Gasteiger partial charge in [-0.05, 0) is 111 Å². The van der Waals surface area contributed by atoms with Gasteiger partial charge in [-0.2, -0.15) is 4.98 Å². The van der Waals surface area contributed by atoms with E-state index in [1.807, 2.05) is 31.2 Å². The van der Waals surface area contributed by atoms with Gasteiger partial charge in [0, 0.05) is 81.3 Å². The molecule has 2 unspecified atom stereocenters. The molecule has 5 aromatic rings. The lowest BCUT2D eigenvalue weighted by Gasteiger charge is -2.45. The van der Waals surface area contributed by atoms with E-state index in [9.17, 15) is 28.4 Å². The van der Waals surface area contributed by atoms with Crippen LogP contribution < -0.4 is 24.6 Å². The third-order valence-corrected chi connectivity index (χ3v) is 17.3. The number of rotatable bonds is 13. The Morgan fingerprint density at radius 2 is 1.72 bits per heavy atom. The van der Waals surface area contributed by atoms with Gasteiger partial charge in [0.2, 0.25) is 5.88 Å². The number of pyridine rings is 1. The van der Waals surface area contributed by atoms with E-state index in [-0.39, 0.29) is 29.3 Å². The topological polar surface area (TPSA) is 208 Å². The number of hydrogen-bond acceptors (Lipinski definition) is 15. The Bertz CT molecular complexity index is 2950. The maximum absolute atomic E-state index is 14.7. The number of benzene rings is 3. The molecule has 6 aliphatic rings. The van der Waals surface area contributed by atoms with Gasteiger partial charge in [0.15, 0.2) is 0 Å². The molecule has 3 aromatic carbocycles. The summed E-state index contributed by atoms with van der Waals surface area (Å²) in [5.74, 6) is 0.0914. The van der Waals surface area contributed by atoms with Gasteiger partial charge in [0.05, 0.1) is 58.6 Å². The Balaban J connectivity index is 0.862. The molecule has 5 fully saturated rings. The quantitative estimate of drug-likeness (QED) is 0.0686. The fraction of sp³-hybridized carbons (Fsp3) is 0.509. The first kappa shape index (κ1) is 48.4. The van der Waals surface area contributed by atoms with E-state index in [1.54, 1.807) is 12.3 Å². The maximum Gasteiger partial charge on any atom is 0.293 e. The molecule has 382 valence electrons. The zero-order valence-corrected chi connectivity index (χ0v) is 42.0. The molecular formula is C53H65N9O9S. The minimum absolute atomic E-state index is 0.104. The number of aromatic nitrogens is 2. The van der Waals surface area contributed by atoms with Crippen molar-refractivity contribution >= 4 is 55.4 Å². The second kappa shape index (κ2) is 19.5. The molecule has 2 saturated carbocycles. The van der Waals surface area contributed by atoms with Crippen LogP contribution in [0.15, 0.2) is 83.9 Å². The third kappa shape index (κ3) is 9.62. The first-order valence-corrected chi connectivity index (χ1v) is 27.1. The van der Waals surface area contributed by atoms with Gasteiger partial charge < -0.3 is 39.4 Å². The zero-order valence-electron chi connectivity index (χ0n) is 41.2. The Hall–Kier alpha value is -5.83. The van der Waals surface area contributed by atoms with Gasteiger partial charge in [-0.3, -0.25) is 24.7 Å². The summed E-state index contributed by atoms with van der Waals surface area (Å²) in [6.07, 6.45) is 5.84. The fourth-order valence-corrected chi connectivity index (χ4v) is 12.9. The molecule has 0 spiro atoms. The molecule has 4 aliphatic heterocycles. The number of aliphatic hydroxyl groups is 1. The first-order valence-electron chi connectivity index (χ1n) is 25.6. The van der Waals surface area contributed by atoms with Crippen LogP contribution in [-0.4, -0.2) is 140 Å². The van der Waals surface area contributed by atoms with Crippen molar-refractivity contribution in [3.05, 3.63) is 106 Å². The van der Waals surface area contributed by atoms with E-state index in [2.05, 4.69) is 72.7 Å². The number of piperazine rings is 1. The molecule has 72 heavy (non-hydrogen) atoms. The van der Waals surface area contributed by atoms with E-state index in [0.717, 1.165) is 75.7 Å². The number of carbonyl (C=O) groups is 1. The van der Waals surface area contributed by atoms with Crippen LogP contribution in [-0.2, 0) is 19.5 Å². The van der Waals surface area contributed by atoms with E-state index in [0.29, 0.717) is 86.5 Å². The SMILES string of the molecule is CC(C)c1ccccc1[C@@H]1COCCN1C1CC1N1CCN(c2ccc(C(=O)NS(=O)(=O)c3ccc(NCC4CCC(C)(O)CC4)c([N+](=O)[O-])c3)c(N3c4cc5cc[nH]c5nc4O[C@H]4COCC[C@@H]43)c2)CC1. The van der Waals surface area contributed by atoms with E-state index < -0.39 is 43.1 Å². The average Bonchev–Trinajstić information content (AvgIpc) is 4.05. The van der Waals surface area contributed by atoms with Crippen molar-refractivity contribution in [1.29, 1.82) is 0 Å². The van der Waals surface area contributed by atoms with E-state index >= 15 is 0 Å². The molecule has 18 nitrogen and oxygen atoms in total. The lowest BCUT2D eigenvalue weighted by atomic mass is 9.80. The van der Waals surface area contributed by atoms with Crippen LogP contribution in [0.25, 0.3) is 11.0 Å². The number of aromatic amines is 1. The molecule has 11 rings (SSSR count). The van der Waals surface area contributed by atoms with E-state index in [4.69, 9.17) is 19.2 Å². The molecule has 1 amide bonds. The number of fused-ring (bicyclic) bond motifs is 3. The molecule has 2 aliphatic carbocycles. The van der Waals surface area contributed by atoms with E-state index in [1.165, 1.54) is 23.3 Å². The predicted molar refractivity (Wildman–Crippen MR) is 274 cm³/mol. The summed E-state index contributed by atoms with van der Waals surface area (Å²) in [5, 5.41) is 26.7. The van der Waals surface area contributed by atoms with Gasteiger partial charge >= 0.3 is 0 Å². The van der Waals surface area contributed by atoms with Crippen molar-refractivity contribution in [2.24, 2.45) is 5.92 Å². The number of nitrogens with zero attached hydrogens (tertiary/aromatic N) is 6. The number of nitro groups is 1. The molecule has 0 radical (unpaired) electrons. The van der Waals surface area contributed by atoms with Gasteiger partial charge in [-0.15, -0.1) is 0 Å². The minimum Gasteiger partial charge on any atom is -0.468 e. The Morgan fingerprint density at radius 1 is 0.931 bits per heavy atom. The minimum atomic E-state index is -4.62. The van der Waals surface area contributed by atoms with Gasteiger partial charge in [-0.25, -0.2) is 13.1 Å². The number of amides is 1. The van der Waals surface area contributed by atoms with Gasteiger partial charge in [0.1, 0.15) is 23.1 Å². The normalized spacial score (nSPS) is 27.0. The van der Waals surface area contributed by atoms with Crippen molar-refractivity contribution in [2.75, 3.05) is 80.8 Å². The summed E-state index contributed by atoms with van der Waals surface area (Å²) in [4.78, 5) is 43.7. The first-order chi connectivity index (χ1) is 34.7. The zero-order chi connectivity index (χ0) is 49.9. The largest absolute Gasteiger partial charge is 0.468 e. The average molecular weight is 1000 g/mol. The number of anilines is 4. The highest BCUT2D eigenvalue weighted by molar-refractivity contribution is 7.90. The highest BCUT2D eigenvalue weighted by Gasteiger charge is 2.49. The second-order valence-electron chi connectivity index (χ2n) is 21.1. The predicted octanol–water partition coefficient (Wildman–Crippen LogP) is 7.09. The summed E-state index contributed by atoms with van der Waals surface area (Å²) >= 11 is 0. The summed E-state index contributed by atoms with van der Waals surface area (Å²) in [6, 6.07) is 22.7. The number of nitro benzene ring substituents is 1. The number of morpholine rings is 1. The number of ether oxygens (including phenoxy) is 3. The number of hydrogen-bond donors (Lipinski definition) is 4. The smallest absolute Gasteiger partial charge is 0.293 e. The van der Waals surface area contributed by atoms with Crippen molar-refractivity contribution in [3.8, 4) is 5.88 Å². The van der Waals surface area contributed by atoms with Crippen molar-refractivity contribution in [1.82, 2.24) is 24.5 Å². The Labute approximate surface area is 420 Å². The van der Waals surface area contributed by atoms with Gasteiger partial charge in [0.25, 0.3) is 21.6 Å². The lowest BCUT2D eigenvalue weighted by molar-refractivity contribution is -0.384. The molecular weight excluding hydrogens is 939 g/mol. The molecule has 6 heterocycles. The van der Waals surface area contributed by atoms with Crippen LogP contribution >= 0.6 is 0 Å². The number of carbonyl (C=O) groups excluding carboxylic acids is 1. The van der Waals surface area contributed by atoms with Crippen molar-refractivity contribution in [3.63, 3.8) is 0 Å². The molecule has 2 aromatic heterocycles. The Kier molecular flexibility index (Phi) is 13.2. The third-order valence-electron chi connectivity index (χ3n) is 16.0. The Morgan fingerprint density at radius 3 is 2.51 bits per heavy atom. The monoisotopic (exact) mass is 1000 g/mol. The number of H-pyrrole nitrogens is 1. The summed E-state index contributed by atoms with van der Waals surface area (Å²) < 4.78 is 49.1. The highest BCUT2D eigenvalue weighted by atomic mass is 32.2. The molecule has 19 heteroatoms. The molecule has 4 N–H and O–H groups in total. The fourth-order valence-electron chi connectivity index (χ4n) is 11.9. The standard InChI is InChI=1S/C53H65N9O9S/c1-33(2)38-6-4-5-7-39(38)48-31-70-25-23-60(48)46-29-45(46)59-21-19-58(20-22-59)36-8-10-40(43(27-36)61-42-15-24-69-32-49(42)71-52-47(61)26-35-14-18-54-50(35)56-52)51(63)57-72(67,68)37-9-11-41(44(28-37)62(65)66)55-30-34-12-16-53(3,64)17-13-34/h4-11,14,18,26-28,33-34,42,45-46,48-49,55,64H,12-13,15-17,19-25,29-32H2,1-3H3,(H,54,56)(H,57,63)/t34?,42-,45?,46?,48-,49-,53?/m0/s1. The molecule has 5 atom stereocenters. The van der Waals surface area contributed by atoms with Crippen LogP contribution in [0.1, 0.15) is 92.7 Å². The van der Waals surface area contributed by atoms with Gasteiger partial charge in [-0.1, -0.05) is 38.1 Å². The summed E-state index contributed by atoms with van der Waals surface area (Å²) in [6.45, 7) is 13.1. The van der Waals surface area contributed by atoms with Crippen LogP contribution in [0.2, 0.25) is 0 Å². The number of sulfonamides is 1. The number of nitrogens with one attached hydrogen (secondary N) is 3. The molecule has 3 saturated heterocycles. The van der Waals surface area contributed by atoms with Crippen LogP contribution in [0.3, 0.4) is 0 Å². The maximum atomic E-state index is 14.7. The van der Waals surface area contributed by atoms with Crippen LogP contribution in [0, 0.1) is 16.0 Å². The highest BCUT2D eigenvalue weighted by Crippen LogP contribution is 2.47. The second-order valence-corrected chi connectivity index (χ2v) is 22.8. The van der Waals surface area contributed by atoms with Crippen molar-refractivity contribution < 1.29 is 37.5 Å². The van der Waals surface area contributed by atoms with Crippen LogP contribution in [0.5, 0.6) is 5.88 Å². The van der Waals surface area contributed by atoms with Crippen molar-refractivity contribution in [2.45, 2.75) is 106 Å². The molecule has 0 bridgehead atoms. The lowest BCUT2D eigenvalue weighted by Crippen LogP contribution is -2.53. The van der Waals surface area contributed by atoms with Crippen LogP contribution in [0.4, 0.5) is 28.4 Å². The summed E-state index contributed by atoms with van der Waals surface area (Å²) in [5.41, 5.74) is 4.53.